The van der Waals surface area contributed by atoms with Crippen molar-refractivity contribution in [1.29, 1.82) is 0 Å². The molecule has 1 aromatic heterocycles. The Kier molecular flexibility index (Phi) is 4.59. The summed E-state index contributed by atoms with van der Waals surface area (Å²) in [5.41, 5.74) is -0.568. The fourth-order valence-electron chi connectivity index (χ4n) is 2.24. The predicted octanol–water partition coefficient (Wildman–Crippen LogP) is 2.93. The molecule has 100 valence electrons. The maximum absolute atomic E-state index is 12.1. The Morgan fingerprint density at radius 2 is 2.33 bits per heavy atom. The molecule has 1 unspecified atom stereocenters. The molecule has 0 aliphatic carbocycles. The van der Waals surface area contributed by atoms with Gasteiger partial charge < -0.3 is 5.11 Å². The quantitative estimate of drug-likeness (QED) is 0.866. The van der Waals surface area contributed by atoms with E-state index in [1.807, 2.05) is 18.4 Å². The SMILES string of the molecule is CC1(O)CCCN(CC(=O)c2sccc2Br)CC1. The molecule has 0 spiro atoms. The second kappa shape index (κ2) is 5.82. The Morgan fingerprint density at radius 3 is 3.00 bits per heavy atom. The van der Waals surface area contributed by atoms with Crippen molar-refractivity contribution in [2.75, 3.05) is 19.6 Å². The van der Waals surface area contributed by atoms with Gasteiger partial charge in [0, 0.05) is 11.0 Å². The number of rotatable bonds is 3. The van der Waals surface area contributed by atoms with Gasteiger partial charge in [-0.1, -0.05) is 0 Å². The van der Waals surface area contributed by atoms with Gasteiger partial charge in [0.15, 0.2) is 5.78 Å². The number of Topliss-reactive ketones (excluding diaryl/α,β-unsaturated/α-hetero) is 1. The molecule has 2 heterocycles. The van der Waals surface area contributed by atoms with Crippen LogP contribution in [0.4, 0.5) is 0 Å². The number of ketones is 1. The number of likely N-dealkylation sites (tertiary alicyclic amines) is 1. The van der Waals surface area contributed by atoms with Crippen LogP contribution < -0.4 is 0 Å². The van der Waals surface area contributed by atoms with Crippen molar-refractivity contribution in [2.45, 2.75) is 31.8 Å². The third-order valence-corrected chi connectivity index (χ3v) is 5.27. The highest BCUT2D eigenvalue weighted by Gasteiger charge is 2.26. The van der Waals surface area contributed by atoms with Crippen LogP contribution in [0.1, 0.15) is 35.9 Å². The first-order chi connectivity index (χ1) is 8.48. The zero-order valence-electron chi connectivity index (χ0n) is 10.5. The smallest absolute Gasteiger partial charge is 0.187 e. The van der Waals surface area contributed by atoms with Gasteiger partial charge in [-0.15, -0.1) is 11.3 Å². The zero-order valence-corrected chi connectivity index (χ0v) is 12.9. The largest absolute Gasteiger partial charge is 0.390 e. The highest BCUT2D eigenvalue weighted by Crippen LogP contribution is 2.25. The fourth-order valence-corrected chi connectivity index (χ4v) is 3.77. The molecule has 3 nitrogen and oxygen atoms in total. The topological polar surface area (TPSA) is 40.5 Å². The van der Waals surface area contributed by atoms with Crippen LogP contribution in [0.25, 0.3) is 0 Å². The Hall–Kier alpha value is -0.230. The Labute approximate surface area is 120 Å². The van der Waals surface area contributed by atoms with Crippen molar-refractivity contribution in [2.24, 2.45) is 0 Å². The molecule has 1 aromatic rings. The van der Waals surface area contributed by atoms with E-state index in [-0.39, 0.29) is 5.78 Å². The van der Waals surface area contributed by atoms with Crippen LogP contribution in [-0.4, -0.2) is 41.0 Å². The summed E-state index contributed by atoms with van der Waals surface area (Å²) in [5.74, 6) is 0.165. The van der Waals surface area contributed by atoms with Crippen LogP contribution >= 0.6 is 27.3 Å². The molecule has 5 heteroatoms. The first-order valence-electron chi connectivity index (χ1n) is 6.19. The Morgan fingerprint density at radius 1 is 1.56 bits per heavy atom. The highest BCUT2D eigenvalue weighted by atomic mass is 79.9. The van der Waals surface area contributed by atoms with Crippen LogP contribution in [0.3, 0.4) is 0 Å². The summed E-state index contributed by atoms with van der Waals surface area (Å²) >= 11 is 4.88. The minimum atomic E-state index is -0.568. The van der Waals surface area contributed by atoms with Gasteiger partial charge in [-0.05, 0) is 60.1 Å². The lowest BCUT2D eigenvalue weighted by Crippen LogP contribution is -2.32. The van der Waals surface area contributed by atoms with Crippen LogP contribution in [0.15, 0.2) is 15.9 Å². The molecule has 2 rings (SSSR count). The van der Waals surface area contributed by atoms with Crippen LogP contribution in [-0.2, 0) is 0 Å². The van der Waals surface area contributed by atoms with Crippen molar-refractivity contribution in [1.82, 2.24) is 4.90 Å². The van der Waals surface area contributed by atoms with E-state index in [0.717, 1.165) is 41.7 Å². The van der Waals surface area contributed by atoms with Crippen molar-refractivity contribution >= 4 is 33.0 Å². The molecule has 0 aromatic carbocycles. The number of carbonyl (C=O) groups is 1. The van der Waals surface area contributed by atoms with Gasteiger partial charge in [-0.2, -0.15) is 0 Å². The van der Waals surface area contributed by atoms with E-state index in [0.29, 0.717) is 6.54 Å². The molecular weight excluding hydrogens is 314 g/mol. The first-order valence-corrected chi connectivity index (χ1v) is 7.86. The summed E-state index contributed by atoms with van der Waals surface area (Å²) in [6.45, 7) is 4.02. The van der Waals surface area contributed by atoms with Gasteiger partial charge in [-0.3, -0.25) is 9.69 Å². The molecule has 0 saturated carbocycles. The molecule has 0 bridgehead atoms. The van der Waals surface area contributed by atoms with E-state index in [1.165, 1.54) is 11.3 Å². The summed E-state index contributed by atoms with van der Waals surface area (Å²) in [4.78, 5) is 15.1. The number of carbonyl (C=O) groups excluding carboxylic acids is 1. The number of hydrogen-bond acceptors (Lipinski definition) is 4. The average Bonchev–Trinajstić information content (AvgIpc) is 2.64. The molecule has 18 heavy (non-hydrogen) atoms. The molecule has 1 N–H and O–H groups in total. The van der Waals surface area contributed by atoms with Crippen LogP contribution in [0, 0.1) is 0 Å². The predicted molar refractivity (Wildman–Crippen MR) is 77.3 cm³/mol. The lowest BCUT2D eigenvalue weighted by Gasteiger charge is -2.21. The normalized spacial score (nSPS) is 25.9. The van der Waals surface area contributed by atoms with E-state index in [9.17, 15) is 9.90 Å². The molecule has 1 aliphatic rings. The van der Waals surface area contributed by atoms with Crippen LogP contribution in [0.5, 0.6) is 0 Å². The Bertz CT molecular complexity index is 430. The summed E-state index contributed by atoms with van der Waals surface area (Å²) < 4.78 is 0.888. The van der Waals surface area contributed by atoms with E-state index in [1.54, 1.807) is 0 Å². The average molecular weight is 332 g/mol. The van der Waals surface area contributed by atoms with Gasteiger partial charge in [0.2, 0.25) is 0 Å². The number of halogens is 1. The van der Waals surface area contributed by atoms with Crippen molar-refractivity contribution in [3.8, 4) is 0 Å². The minimum Gasteiger partial charge on any atom is -0.390 e. The monoisotopic (exact) mass is 331 g/mol. The summed E-state index contributed by atoms with van der Waals surface area (Å²) in [6.07, 6.45) is 2.51. The van der Waals surface area contributed by atoms with E-state index < -0.39 is 5.60 Å². The van der Waals surface area contributed by atoms with Gasteiger partial charge in [0.1, 0.15) is 0 Å². The number of nitrogens with zero attached hydrogens (tertiary/aromatic N) is 1. The number of aliphatic hydroxyl groups is 1. The standard InChI is InChI=1S/C13H18BrNO2S/c1-13(17)4-2-6-15(7-5-13)9-11(16)12-10(14)3-8-18-12/h3,8,17H,2,4-7,9H2,1H3. The summed E-state index contributed by atoms with van der Waals surface area (Å²) in [5, 5.41) is 11.9. The number of hydrogen-bond donors (Lipinski definition) is 1. The lowest BCUT2D eigenvalue weighted by molar-refractivity contribution is 0.0444. The third kappa shape index (κ3) is 3.63. The van der Waals surface area contributed by atoms with Crippen LogP contribution in [0.2, 0.25) is 0 Å². The molecule has 1 saturated heterocycles. The maximum Gasteiger partial charge on any atom is 0.187 e. The molecular formula is C13H18BrNO2S. The first kappa shape index (κ1) is 14.2. The zero-order chi connectivity index (χ0) is 13.2. The molecule has 0 amide bonds. The van der Waals surface area contributed by atoms with Crippen molar-refractivity contribution in [3.63, 3.8) is 0 Å². The van der Waals surface area contributed by atoms with Gasteiger partial charge >= 0.3 is 0 Å². The van der Waals surface area contributed by atoms with Crippen molar-refractivity contribution < 1.29 is 9.90 Å². The molecule has 0 radical (unpaired) electrons. The highest BCUT2D eigenvalue weighted by molar-refractivity contribution is 9.10. The second-order valence-electron chi connectivity index (χ2n) is 5.15. The van der Waals surface area contributed by atoms with E-state index in [4.69, 9.17) is 0 Å². The molecule has 1 aliphatic heterocycles. The third-order valence-electron chi connectivity index (χ3n) is 3.39. The van der Waals surface area contributed by atoms with Gasteiger partial charge in [0.05, 0.1) is 17.0 Å². The van der Waals surface area contributed by atoms with Gasteiger partial charge in [-0.25, -0.2) is 0 Å². The van der Waals surface area contributed by atoms with E-state index in [2.05, 4.69) is 20.8 Å². The van der Waals surface area contributed by atoms with E-state index >= 15 is 0 Å². The molecule has 1 atom stereocenters. The minimum absolute atomic E-state index is 0.165. The number of thiophene rings is 1. The Balaban J connectivity index is 1.94. The lowest BCUT2D eigenvalue weighted by atomic mass is 9.98. The maximum atomic E-state index is 12.1. The summed E-state index contributed by atoms with van der Waals surface area (Å²) in [7, 11) is 0. The van der Waals surface area contributed by atoms with Crippen molar-refractivity contribution in [3.05, 3.63) is 20.8 Å². The fraction of sp³-hybridized carbons (Fsp3) is 0.615. The molecule has 1 fully saturated rings. The second-order valence-corrected chi connectivity index (χ2v) is 6.92. The summed E-state index contributed by atoms with van der Waals surface area (Å²) in [6, 6.07) is 1.91. The van der Waals surface area contributed by atoms with Gasteiger partial charge in [0.25, 0.3) is 0 Å².